The molecule has 32 valence electrons. The van der Waals surface area contributed by atoms with Crippen LogP contribution in [0, 0.1) is 0 Å². The zero-order valence-corrected chi connectivity index (χ0v) is 3.04. The van der Waals surface area contributed by atoms with Crippen LogP contribution in [0.2, 0.25) is 0 Å². The SMILES string of the molecule is CC(F)CF. The first-order valence-corrected chi connectivity index (χ1v) is 1.47. The maximum absolute atomic E-state index is 11.1. The van der Waals surface area contributed by atoms with Gasteiger partial charge < -0.3 is 0 Å². The maximum atomic E-state index is 11.1. The highest BCUT2D eigenvalue weighted by Crippen LogP contribution is 1.84. The molecule has 0 bridgehead atoms. The third-order valence-electron chi connectivity index (χ3n) is 0.213. The van der Waals surface area contributed by atoms with Crippen LogP contribution >= 0.6 is 0 Å². The third kappa shape index (κ3) is 3.86. The lowest BCUT2D eigenvalue weighted by atomic mass is 10.5. The predicted octanol–water partition coefficient (Wildman–Crippen LogP) is 1.31. The van der Waals surface area contributed by atoms with E-state index in [1.807, 2.05) is 0 Å². The van der Waals surface area contributed by atoms with Gasteiger partial charge >= 0.3 is 0 Å². The molecule has 0 N–H and O–H groups in total. The zero-order chi connectivity index (χ0) is 4.28. The van der Waals surface area contributed by atoms with E-state index in [2.05, 4.69) is 0 Å². The van der Waals surface area contributed by atoms with Crippen LogP contribution in [0.1, 0.15) is 6.92 Å². The van der Waals surface area contributed by atoms with Crippen molar-refractivity contribution in [1.29, 1.82) is 0 Å². The smallest absolute Gasteiger partial charge is 0.126 e. The predicted molar refractivity (Wildman–Crippen MR) is 16.5 cm³/mol. The molecule has 1 atom stereocenters. The molecule has 0 aromatic carbocycles. The van der Waals surface area contributed by atoms with E-state index in [1.54, 1.807) is 0 Å². The van der Waals surface area contributed by atoms with Gasteiger partial charge in [-0.15, -0.1) is 0 Å². The van der Waals surface area contributed by atoms with Gasteiger partial charge in [0.25, 0.3) is 0 Å². The Morgan fingerprint density at radius 1 is 1.80 bits per heavy atom. The van der Waals surface area contributed by atoms with Crippen molar-refractivity contribution >= 4 is 0 Å². The molecule has 5 heavy (non-hydrogen) atoms. The van der Waals surface area contributed by atoms with Gasteiger partial charge in [0.15, 0.2) is 0 Å². The summed E-state index contributed by atoms with van der Waals surface area (Å²) in [5, 5.41) is 0. The molecular weight excluding hydrogens is 74.0 g/mol. The molecule has 0 nitrogen and oxygen atoms in total. The zero-order valence-electron chi connectivity index (χ0n) is 3.04. The topological polar surface area (TPSA) is 0 Å². The van der Waals surface area contributed by atoms with Gasteiger partial charge in [-0.1, -0.05) is 0 Å². The summed E-state index contributed by atoms with van der Waals surface area (Å²) >= 11 is 0. The Kier molecular flexibility index (Phi) is 2.06. The molecule has 0 saturated carbocycles. The van der Waals surface area contributed by atoms with Crippen LogP contribution in [-0.4, -0.2) is 12.8 Å². The van der Waals surface area contributed by atoms with Crippen LogP contribution < -0.4 is 0 Å². The second-order valence-electron chi connectivity index (χ2n) is 0.935. The highest BCUT2D eigenvalue weighted by Gasteiger charge is 1.89. The molecule has 0 spiro atoms. The molecule has 0 amide bonds. The lowest BCUT2D eigenvalue weighted by molar-refractivity contribution is 0.281. The fourth-order valence-electron chi connectivity index (χ4n) is 0. The molecule has 1 unspecified atom stereocenters. The number of hydrogen-bond donors (Lipinski definition) is 0. The minimum atomic E-state index is -1.28. The van der Waals surface area contributed by atoms with Crippen molar-refractivity contribution in [2.45, 2.75) is 13.1 Å². The highest BCUT2D eigenvalue weighted by molar-refractivity contribution is 4.35. The molecule has 0 heterocycles. The lowest BCUT2D eigenvalue weighted by Crippen LogP contribution is -1.91. The molecule has 0 saturated heterocycles. The molecule has 2 heteroatoms. The summed E-state index contributed by atoms with van der Waals surface area (Å²) in [4.78, 5) is 0. The van der Waals surface area contributed by atoms with Gasteiger partial charge in [-0.3, -0.25) is 0 Å². The van der Waals surface area contributed by atoms with Crippen LogP contribution in [0.15, 0.2) is 0 Å². The van der Waals surface area contributed by atoms with Crippen LogP contribution in [0.5, 0.6) is 0 Å². The van der Waals surface area contributed by atoms with Gasteiger partial charge in [-0.2, -0.15) is 0 Å². The van der Waals surface area contributed by atoms with Crippen LogP contribution in [0.3, 0.4) is 0 Å². The molecule has 0 rings (SSSR count). The monoisotopic (exact) mass is 80.0 g/mol. The van der Waals surface area contributed by atoms with Crippen LogP contribution in [0.25, 0.3) is 0 Å². The summed E-state index contributed by atoms with van der Waals surface area (Å²) in [6.07, 6.45) is -1.28. The second-order valence-corrected chi connectivity index (χ2v) is 0.935. The maximum Gasteiger partial charge on any atom is 0.126 e. The van der Waals surface area contributed by atoms with Crippen molar-refractivity contribution < 1.29 is 8.78 Å². The van der Waals surface area contributed by atoms with Crippen molar-refractivity contribution in [2.75, 3.05) is 6.67 Å². The fraction of sp³-hybridized carbons (Fsp3) is 1.00. The Hall–Kier alpha value is -0.140. The Labute approximate surface area is 29.8 Å². The van der Waals surface area contributed by atoms with E-state index in [0.29, 0.717) is 0 Å². The summed E-state index contributed by atoms with van der Waals surface area (Å²) in [5.41, 5.74) is 0. The molecule has 0 aliphatic carbocycles. The van der Waals surface area contributed by atoms with Gasteiger partial charge in [-0.05, 0) is 6.92 Å². The molecular formula is C3H6F2. The number of hydrogen-bond acceptors (Lipinski definition) is 0. The van der Waals surface area contributed by atoms with Gasteiger partial charge in [0, 0.05) is 0 Å². The van der Waals surface area contributed by atoms with Gasteiger partial charge in [-0.25, -0.2) is 8.78 Å². The van der Waals surface area contributed by atoms with Crippen molar-refractivity contribution in [3.63, 3.8) is 0 Å². The largest absolute Gasteiger partial charge is 0.248 e. The normalized spacial score (nSPS) is 15.0. The van der Waals surface area contributed by atoms with E-state index in [9.17, 15) is 8.78 Å². The van der Waals surface area contributed by atoms with Crippen LogP contribution in [0.4, 0.5) is 8.78 Å². The van der Waals surface area contributed by atoms with E-state index in [4.69, 9.17) is 0 Å². The molecule has 0 fully saturated rings. The first kappa shape index (κ1) is 4.86. The van der Waals surface area contributed by atoms with Crippen molar-refractivity contribution in [2.24, 2.45) is 0 Å². The van der Waals surface area contributed by atoms with E-state index in [1.165, 1.54) is 6.92 Å². The quantitative estimate of drug-likeness (QED) is 0.445. The Bertz CT molecular complexity index is 18.9. The molecule has 0 aliphatic heterocycles. The summed E-state index contributed by atoms with van der Waals surface area (Å²) < 4.78 is 21.8. The minimum absolute atomic E-state index is 0.861. The van der Waals surface area contributed by atoms with E-state index in [0.717, 1.165) is 0 Å². The highest BCUT2D eigenvalue weighted by atomic mass is 19.2. The molecule has 0 aromatic rings. The summed E-state index contributed by atoms with van der Waals surface area (Å²) in [6, 6.07) is 0. The van der Waals surface area contributed by atoms with E-state index >= 15 is 0 Å². The Morgan fingerprint density at radius 3 is 2.00 bits per heavy atom. The minimum Gasteiger partial charge on any atom is -0.248 e. The summed E-state index contributed by atoms with van der Waals surface area (Å²) in [6.45, 7) is 0.319. The molecule has 0 radical (unpaired) electrons. The van der Waals surface area contributed by atoms with Gasteiger partial charge in [0.1, 0.15) is 12.8 Å². The third-order valence-corrected chi connectivity index (χ3v) is 0.213. The van der Waals surface area contributed by atoms with Crippen LogP contribution in [-0.2, 0) is 0 Å². The Morgan fingerprint density at radius 2 is 2.00 bits per heavy atom. The van der Waals surface area contributed by atoms with E-state index < -0.39 is 12.8 Å². The fourth-order valence-corrected chi connectivity index (χ4v) is 0. The number of halogens is 2. The second kappa shape index (κ2) is 2.12. The average molecular weight is 80.1 g/mol. The van der Waals surface area contributed by atoms with E-state index in [-0.39, 0.29) is 0 Å². The number of alkyl halides is 2. The summed E-state index contributed by atoms with van der Waals surface area (Å²) in [7, 11) is 0. The molecule has 0 aliphatic rings. The first-order chi connectivity index (χ1) is 2.27. The summed E-state index contributed by atoms with van der Waals surface area (Å²) in [5.74, 6) is 0. The van der Waals surface area contributed by atoms with Crippen molar-refractivity contribution in [3.05, 3.63) is 0 Å². The van der Waals surface area contributed by atoms with Gasteiger partial charge in [0.2, 0.25) is 0 Å². The average Bonchev–Trinajstić information content (AvgIpc) is 1.38. The molecule has 0 aromatic heterocycles. The number of rotatable bonds is 1. The first-order valence-electron chi connectivity index (χ1n) is 1.47. The van der Waals surface area contributed by atoms with Crippen molar-refractivity contribution in [1.82, 2.24) is 0 Å². The van der Waals surface area contributed by atoms with Crippen molar-refractivity contribution in [3.8, 4) is 0 Å². The standard InChI is InChI=1S/C3H6F2/c1-3(5)2-4/h3H,2H2,1H3. The lowest BCUT2D eigenvalue weighted by Gasteiger charge is -1.83. The van der Waals surface area contributed by atoms with Gasteiger partial charge in [0.05, 0.1) is 0 Å². The Balaban J connectivity index is 2.54.